The van der Waals surface area contributed by atoms with Crippen LogP contribution in [0.2, 0.25) is 0 Å². The van der Waals surface area contributed by atoms with Crippen LogP contribution in [0.3, 0.4) is 0 Å². The number of carbonyl (C=O) groups excluding carboxylic acids is 2. The Kier molecular flexibility index (Phi) is 25.6. The van der Waals surface area contributed by atoms with Gasteiger partial charge in [0.1, 0.15) is 0 Å². The van der Waals surface area contributed by atoms with Crippen molar-refractivity contribution in [3.8, 4) is 0 Å². The highest BCUT2D eigenvalue weighted by atomic mass is 16.4. The average Bonchev–Trinajstić information content (AvgIpc) is 2.99. The lowest BCUT2D eigenvalue weighted by atomic mass is 9.98. The molecule has 0 bridgehead atoms. The van der Waals surface area contributed by atoms with E-state index in [0.29, 0.717) is 65.3 Å². The van der Waals surface area contributed by atoms with Crippen molar-refractivity contribution in [3.63, 3.8) is 0 Å². The molecule has 0 saturated carbocycles. The quantitative estimate of drug-likeness (QED) is 0.0329. The van der Waals surface area contributed by atoms with Gasteiger partial charge in [-0.05, 0) is 31.7 Å². The maximum atomic E-state index is 12.9. The van der Waals surface area contributed by atoms with Gasteiger partial charge in [0.15, 0.2) is 0 Å². The second-order valence-electron chi connectivity index (χ2n) is 11.8. The summed E-state index contributed by atoms with van der Waals surface area (Å²) in [7, 11) is 0. The summed E-state index contributed by atoms with van der Waals surface area (Å²) in [5.41, 5.74) is 0. The van der Waals surface area contributed by atoms with Crippen molar-refractivity contribution in [3.05, 3.63) is 0 Å². The summed E-state index contributed by atoms with van der Waals surface area (Å²) in [5, 5.41) is 50.3. The van der Waals surface area contributed by atoms with E-state index in [-0.39, 0.29) is 69.6 Å². The Morgan fingerprint density at radius 1 is 0.562 bits per heavy atom. The fourth-order valence-corrected chi connectivity index (χ4v) is 4.65. The lowest BCUT2D eigenvalue weighted by Gasteiger charge is -2.28. The number of rotatable bonds is 32. The molecule has 0 radical (unpaired) electrons. The molecule has 0 aliphatic carbocycles. The van der Waals surface area contributed by atoms with E-state index >= 15 is 0 Å². The first-order valence-corrected chi connectivity index (χ1v) is 16.5. The number of aliphatic carboxylic acids is 4. The Morgan fingerprint density at radius 3 is 1.58 bits per heavy atom. The van der Waals surface area contributed by atoms with Crippen LogP contribution in [0.25, 0.3) is 0 Å². The monoisotopic (exact) mass is 690 g/mol. The molecule has 0 aliphatic heterocycles. The molecule has 0 aromatic carbocycles. The highest BCUT2D eigenvalue weighted by molar-refractivity contribution is 5.78. The minimum Gasteiger partial charge on any atom is -0.480 e. The predicted octanol–water partition coefficient (Wildman–Crippen LogP) is -2.55. The number of nitrogens with zero attached hydrogens (tertiary/aromatic N) is 3. The first-order valence-electron chi connectivity index (χ1n) is 16.5. The van der Waals surface area contributed by atoms with Gasteiger partial charge >= 0.3 is 23.9 Å². The number of nitrogens with one attached hydrogen (secondary N) is 5. The minimum atomic E-state index is -1.03. The third-order valence-electron chi connectivity index (χ3n) is 7.33. The van der Waals surface area contributed by atoms with E-state index in [0.717, 1.165) is 12.8 Å². The Balaban J connectivity index is 4.86. The summed E-state index contributed by atoms with van der Waals surface area (Å²) in [6.45, 7) is 9.06. The molecule has 0 aliphatic rings. The van der Waals surface area contributed by atoms with E-state index in [1.807, 2.05) is 25.7 Å². The smallest absolute Gasteiger partial charge is 0.317 e. The van der Waals surface area contributed by atoms with Crippen LogP contribution < -0.4 is 26.6 Å². The highest BCUT2D eigenvalue weighted by Crippen LogP contribution is 2.10. The third-order valence-corrected chi connectivity index (χ3v) is 7.33. The molecule has 0 heterocycles. The molecule has 1 unspecified atom stereocenters. The molecule has 18 heteroatoms. The van der Waals surface area contributed by atoms with Crippen molar-refractivity contribution in [2.45, 2.75) is 46.1 Å². The van der Waals surface area contributed by atoms with Crippen LogP contribution in [0.5, 0.6) is 0 Å². The van der Waals surface area contributed by atoms with E-state index in [9.17, 15) is 39.0 Å². The van der Waals surface area contributed by atoms with Crippen molar-refractivity contribution >= 4 is 35.7 Å². The van der Waals surface area contributed by atoms with Crippen molar-refractivity contribution < 1.29 is 49.2 Å². The number of hydrogen-bond acceptors (Lipinski definition) is 12. The van der Waals surface area contributed by atoms with Gasteiger partial charge in [0.05, 0.1) is 39.3 Å². The second kappa shape index (κ2) is 27.5. The van der Waals surface area contributed by atoms with Gasteiger partial charge in [0.2, 0.25) is 11.8 Å². The number of amides is 2. The number of likely N-dealkylation sites (N-methyl/N-ethyl adjacent to an activating group) is 1. The number of unbranched alkanes of at least 4 members (excludes halogenated alkanes) is 1. The van der Waals surface area contributed by atoms with E-state index in [2.05, 4.69) is 26.6 Å². The summed E-state index contributed by atoms with van der Waals surface area (Å²) in [5.74, 6) is -4.12. The summed E-state index contributed by atoms with van der Waals surface area (Å²) in [6, 6.07) is -0.0454. The van der Waals surface area contributed by atoms with Gasteiger partial charge in [-0.25, -0.2) is 0 Å². The van der Waals surface area contributed by atoms with E-state index in [4.69, 9.17) is 10.2 Å². The molecular formula is C30H58N8O10. The number of hydrogen-bond donors (Lipinski definition) is 9. The summed E-state index contributed by atoms with van der Waals surface area (Å²) in [6.07, 6.45) is 2.18. The SMILES string of the molecule is CCN(CCN(CCN(CCNCC(=O)O)CC(=O)O)CC(=O)NCCCCC(NC(=O)CNCCNCC(=O)O)C(C)C)CC(=O)O. The van der Waals surface area contributed by atoms with Crippen molar-refractivity contribution in [2.75, 3.05) is 105 Å². The fourth-order valence-electron chi connectivity index (χ4n) is 4.65. The Labute approximate surface area is 282 Å². The van der Waals surface area contributed by atoms with Crippen molar-refractivity contribution in [2.24, 2.45) is 5.92 Å². The largest absolute Gasteiger partial charge is 0.480 e. The molecule has 1 atom stereocenters. The van der Waals surface area contributed by atoms with Crippen LogP contribution >= 0.6 is 0 Å². The Morgan fingerprint density at radius 2 is 1.06 bits per heavy atom. The summed E-state index contributed by atoms with van der Waals surface area (Å²) < 4.78 is 0. The molecule has 18 nitrogen and oxygen atoms in total. The van der Waals surface area contributed by atoms with E-state index in [1.165, 1.54) is 0 Å². The van der Waals surface area contributed by atoms with Gasteiger partial charge in [-0.3, -0.25) is 43.5 Å². The zero-order chi connectivity index (χ0) is 36.3. The van der Waals surface area contributed by atoms with Crippen LogP contribution in [0.4, 0.5) is 0 Å². The highest BCUT2D eigenvalue weighted by Gasteiger charge is 2.18. The molecule has 0 saturated heterocycles. The van der Waals surface area contributed by atoms with Gasteiger partial charge < -0.3 is 47.0 Å². The standard InChI is InChI=1S/C30H58N8O10/c1-4-36(21-29(45)46)13-14-38(16-15-37(22-30(47)48)12-11-33-19-28(43)44)20-26(40)34-8-6-5-7-24(23(2)3)35-25(39)17-31-9-10-32-18-27(41)42/h23-24,31-33H,4-22H2,1-3H3,(H,34,40)(H,35,39)(H,41,42)(H,43,44)(H,45,46)(H,47,48). The Bertz CT molecular complexity index is 972. The topological polar surface area (TPSA) is 253 Å². The van der Waals surface area contributed by atoms with Crippen LogP contribution in [0.1, 0.15) is 40.0 Å². The number of carboxylic acids is 4. The molecule has 48 heavy (non-hydrogen) atoms. The van der Waals surface area contributed by atoms with Crippen molar-refractivity contribution in [1.82, 2.24) is 41.3 Å². The molecule has 2 amide bonds. The molecule has 0 rings (SSSR count). The normalized spacial score (nSPS) is 12.1. The fraction of sp³-hybridized carbons (Fsp3) is 0.800. The van der Waals surface area contributed by atoms with Crippen LogP contribution in [0.15, 0.2) is 0 Å². The maximum Gasteiger partial charge on any atom is 0.317 e. The van der Waals surface area contributed by atoms with Crippen LogP contribution in [-0.4, -0.2) is 182 Å². The molecular weight excluding hydrogens is 632 g/mol. The molecule has 0 aromatic heterocycles. The molecule has 0 spiro atoms. The van der Waals surface area contributed by atoms with Crippen LogP contribution in [0, 0.1) is 5.92 Å². The predicted molar refractivity (Wildman–Crippen MR) is 178 cm³/mol. The summed E-state index contributed by atoms with van der Waals surface area (Å²) >= 11 is 0. The maximum absolute atomic E-state index is 12.9. The first-order chi connectivity index (χ1) is 22.7. The lowest BCUT2D eigenvalue weighted by molar-refractivity contribution is -0.139. The molecule has 278 valence electrons. The first kappa shape index (κ1) is 44.6. The minimum absolute atomic E-state index is 0.0340. The Hall–Kier alpha value is -3.42. The van der Waals surface area contributed by atoms with Gasteiger partial charge in [-0.2, -0.15) is 0 Å². The number of carboxylic acid groups (broad SMARTS) is 4. The summed E-state index contributed by atoms with van der Waals surface area (Å²) in [4.78, 5) is 74.3. The van der Waals surface area contributed by atoms with E-state index in [1.54, 1.807) is 9.80 Å². The lowest BCUT2D eigenvalue weighted by Crippen LogP contribution is -2.46. The second-order valence-corrected chi connectivity index (χ2v) is 11.8. The zero-order valence-corrected chi connectivity index (χ0v) is 28.7. The van der Waals surface area contributed by atoms with E-state index < -0.39 is 23.9 Å². The third kappa shape index (κ3) is 26.6. The van der Waals surface area contributed by atoms with Gasteiger partial charge in [-0.15, -0.1) is 0 Å². The van der Waals surface area contributed by atoms with Gasteiger partial charge in [0.25, 0.3) is 0 Å². The average molecular weight is 691 g/mol. The zero-order valence-electron chi connectivity index (χ0n) is 28.7. The van der Waals surface area contributed by atoms with Gasteiger partial charge in [-0.1, -0.05) is 20.8 Å². The van der Waals surface area contributed by atoms with Gasteiger partial charge in [0, 0.05) is 64.9 Å². The molecule has 9 N–H and O–H groups in total. The molecule has 0 aromatic rings. The molecule has 0 fully saturated rings. The van der Waals surface area contributed by atoms with Crippen LogP contribution in [-0.2, 0) is 28.8 Å². The number of carbonyl (C=O) groups is 6. The van der Waals surface area contributed by atoms with Crippen molar-refractivity contribution in [1.29, 1.82) is 0 Å².